The van der Waals surface area contributed by atoms with Gasteiger partial charge in [-0.3, -0.25) is 4.79 Å². The van der Waals surface area contributed by atoms with Crippen LogP contribution in [-0.4, -0.2) is 22.3 Å². The summed E-state index contributed by atoms with van der Waals surface area (Å²) in [6, 6.07) is 9.13. The zero-order valence-electron chi connectivity index (χ0n) is 14.6. The van der Waals surface area contributed by atoms with Crippen molar-refractivity contribution < 1.29 is 13.6 Å². The first-order chi connectivity index (χ1) is 12.6. The second-order valence-corrected chi connectivity index (χ2v) is 6.82. The van der Waals surface area contributed by atoms with Gasteiger partial charge in [-0.25, -0.2) is 8.78 Å². The van der Waals surface area contributed by atoms with E-state index in [0.29, 0.717) is 13.1 Å². The lowest BCUT2D eigenvalue weighted by Crippen LogP contribution is -2.31. The normalized spacial score (nSPS) is 14.0. The first kappa shape index (κ1) is 16.8. The molecule has 1 saturated carbocycles. The van der Waals surface area contributed by atoms with Crippen LogP contribution in [-0.2, 0) is 11.3 Å². The summed E-state index contributed by atoms with van der Waals surface area (Å²) in [6.45, 7) is 2.86. The number of nitrogens with one attached hydrogen (secondary N) is 1. The van der Waals surface area contributed by atoms with Crippen molar-refractivity contribution in [1.29, 1.82) is 0 Å². The Labute approximate surface area is 150 Å². The summed E-state index contributed by atoms with van der Waals surface area (Å²) in [6.07, 6.45) is 3.68. The second-order valence-electron chi connectivity index (χ2n) is 6.82. The van der Waals surface area contributed by atoms with Crippen molar-refractivity contribution in [1.82, 2.24) is 9.88 Å². The summed E-state index contributed by atoms with van der Waals surface area (Å²) < 4.78 is 27.6. The van der Waals surface area contributed by atoms with Crippen LogP contribution in [0.2, 0.25) is 0 Å². The lowest BCUT2D eigenvalue weighted by atomic mass is 9.98. The van der Waals surface area contributed by atoms with Gasteiger partial charge in [-0.05, 0) is 61.2 Å². The number of hydrogen-bond acceptors (Lipinski definition) is 1. The molecule has 0 bridgehead atoms. The molecule has 3 aromatic rings. The van der Waals surface area contributed by atoms with E-state index in [1.54, 1.807) is 23.2 Å². The Morgan fingerprint density at radius 1 is 1.12 bits per heavy atom. The number of rotatable bonds is 5. The van der Waals surface area contributed by atoms with E-state index in [1.807, 2.05) is 6.92 Å². The molecular formula is C21H20F2N2O. The molecule has 0 radical (unpaired) electrons. The minimum absolute atomic E-state index is 0.120. The van der Waals surface area contributed by atoms with E-state index in [1.165, 1.54) is 24.3 Å². The third-order valence-electron chi connectivity index (χ3n) is 4.98. The lowest BCUT2D eigenvalue weighted by Gasteiger charge is -2.22. The maximum Gasteiger partial charge on any atom is 0.225 e. The maximum atomic E-state index is 13.9. The number of aromatic amines is 1. The minimum atomic E-state index is -0.343. The number of halogens is 2. The van der Waals surface area contributed by atoms with Gasteiger partial charge in [0.1, 0.15) is 11.6 Å². The van der Waals surface area contributed by atoms with Crippen LogP contribution in [0.5, 0.6) is 0 Å². The molecule has 3 nitrogen and oxygen atoms in total. The molecule has 0 atom stereocenters. The number of nitrogens with zero attached hydrogens (tertiary/aromatic N) is 1. The molecular weight excluding hydrogens is 334 g/mol. The fourth-order valence-corrected chi connectivity index (χ4v) is 3.41. The average Bonchev–Trinajstić information content (AvgIpc) is 3.40. The van der Waals surface area contributed by atoms with E-state index in [-0.39, 0.29) is 23.5 Å². The molecule has 1 fully saturated rings. The van der Waals surface area contributed by atoms with Crippen molar-refractivity contribution >= 4 is 16.8 Å². The van der Waals surface area contributed by atoms with E-state index >= 15 is 0 Å². The summed E-state index contributed by atoms with van der Waals surface area (Å²) in [7, 11) is 0. The predicted octanol–water partition coefficient (Wildman–Crippen LogP) is 4.87. The molecule has 1 aliphatic rings. The Morgan fingerprint density at radius 2 is 1.85 bits per heavy atom. The van der Waals surface area contributed by atoms with Gasteiger partial charge in [0.2, 0.25) is 5.91 Å². The van der Waals surface area contributed by atoms with Crippen LogP contribution >= 0.6 is 0 Å². The lowest BCUT2D eigenvalue weighted by molar-refractivity contribution is -0.132. The van der Waals surface area contributed by atoms with Crippen LogP contribution in [0, 0.1) is 17.6 Å². The Kier molecular flexibility index (Phi) is 4.23. The van der Waals surface area contributed by atoms with E-state index in [0.717, 1.165) is 40.4 Å². The number of benzene rings is 2. The average molecular weight is 354 g/mol. The van der Waals surface area contributed by atoms with Crippen molar-refractivity contribution in [2.24, 2.45) is 5.92 Å². The monoisotopic (exact) mass is 354 g/mol. The minimum Gasteiger partial charge on any atom is -0.361 e. The first-order valence-corrected chi connectivity index (χ1v) is 8.91. The van der Waals surface area contributed by atoms with Crippen LogP contribution in [0.1, 0.15) is 25.3 Å². The first-order valence-electron chi connectivity index (χ1n) is 8.91. The highest BCUT2D eigenvalue weighted by atomic mass is 19.1. The van der Waals surface area contributed by atoms with Gasteiger partial charge in [0.25, 0.3) is 0 Å². The predicted molar refractivity (Wildman–Crippen MR) is 97.5 cm³/mol. The standard InChI is InChI=1S/C21H20F2N2O/c1-2-25(21(26)13-3-4-13)12-14-9-15(22)5-7-17(14)19-11-24-20-8-6-16(23)10-18(19)20/h5-11,13,24H,2-4,12H2,1H3. The molecule has 0 spiro atoms. The van der Waals surface area contributed by atoms with Crippen molar-refractivity contribution in [3.05, 3.63) is 59.8 Å². The van der Waals surface area contributed by atoms with Gasteiger partial charge < -0.3 is 9.88 Å². The second kappa shape index (κ2) is 6.56. The molecule has 0 unspecified atom stereocenters. The fourth-order valence-electron chi connectivity index (χ4n) is 3.41. The Bertz CT molecular complexity index is 975. The number of carbonyl (C=O) groups is 1. The van der Waals surface area contributed by atoms with Crippen LogP contribution in [0.3, 0.4) is 0 Å². The maximum absolute atomic E-state index is 13.9. The molecule has 1 heterocycles. The van der Waals surface area contributed by atoms with Crippen molar-refractivity contribution in [2.75, 3.05) is 6.54 Å². The number of fused-ring (bicyclic) bond motifs is 1. The molecule has 1 N–H and O–H groups in total. The molecule has 1 amide bonds. The van der Waals surface area contributed by atoms with Gasteiger partial charge in [0.05, 0.1) is 0 Å². The smallest absolute Gasteiger partial charge is 0.225 e. The van der Waals surface area contributed by atoms with Crippen LogP contribution in [0.25, 0.3) is 22.0 Å². The highest BCUT2D eigenvalue weighted by Crippen LogP contribution is 2.34. The van der Waals surface area contributed by atoms with Gasteiger partial charge in [0.15, 0.2) is 0 Å². The molecule has 134 valence electrons. The summed E-state index contributed by atoms with van der Waals surface area (Å²) in [5.41, 5.74) is 3.17. The van der Waals surface area contributed by atoms with Gasteiger partial charge in [-0.2, -0.15) is 0 Å². The van der Waals surface area contributed by atoms with Crippen molar-refractivity contribution in [3.63, 3.8) is 0 Å². The van der Waals surface area contributed by atoms with E-state index in [9.17, 15) is 13.6 Å². The van der Waals surface area contributed by atoms with E-state index in [2.05, 4.69) is 4.98 Å². The number of aromatic nitrogens is 1. The van der Waals surface area contributed by atoms with E-state index in [4.69, 9.17) is 0 Å². The number of hydrogen-bond donors (Lipinski definition) is 1. The summed E-state index contributed by atoms with van der Waals surface area (Å²) in [5.74, 6) is -0.410. The molecule has 2 aromatic carbocycles. The topological polar surface area (TPSA) is 36.1 Å². The highest BCUT2D eigenvalue weighted by Gasteiger charge is 2.33. The molecule has 5 heteroatoms. The third-order valence-corrected chi connectivity index (χ3v) is 4.98. The molecule has 26 heavy (non-hydrogen) atoms. The van der Waals surface area contributed by atoms with Crippen LogP contribution in [0.4, 0.5) is 8.78 Å². The summed E-state index contributed by atoms with van der Waals surface area (Å²) in [4.78, 5) is 17.4. The highest BCUT2D eigenvalue weighted by molar-refractivity contribution is 5.96. The Hall–Kier alpha value is -2.69. The molecule has 4 rings (SSSR count). The number of carbonyl (C=O) groups excluding carboxylic acids is 1. The largest absolute Gasteiger partial charge is 0.361 e. The Balaban J connectivity index is 1.76. The van der Waals surface area contributed by atoms with Gasteiger partial charge >= 0.3 is 0 Å². The summed E-state index contributed by atoms with van der Waals surface area (Å²) >= 11 is 0. The molecule has 0 saturated heterocycles. The Morgan fingerprint density at radius 3 is 2.58 bits per heavy atom. The van der Waals surface area contributed by atoms with Crippen molar-refractivity contribution in [3.8, 4) is 11.1 Å². The number of H-pyrrole nitrogens is 1. The van der Waals surface area contributed by atoms with E-state index < -0.39 is 0 Å². The van der Waals surface area contributed by atoms with Crippen molar-refractivity contribution in [2.45, 2.75) is 26.3 Å². The molecule has 1 aliphatic carbocycles. The zero-order chi connectivity index (χ0) is 18.3. The third kappa shape index (κ3) is 3.09. The van der Waals surface area contributed by atoms with Gasteiger partial charge in [0, 0.05) is 41.7 Å². The molecule has 1 aromatic heterocycles. The number of amides is 1. The quantitative estimate of drug-likeness (QED) is 0.697. The summed E-state index contributed by atoms with van der Waals surface area (Å²) in [5, 5.41) is 0.745. The fraction of sp³-hybridized carbons (Fsp3) is 0.286. The van der Waals surface area contributed by atoms with Crippen LogP contribution in [0.15, 0.2) is 42.6 Å². The van der Waals surface area contributed by atoms with Crippen LogP contribution < -0.4 is 0 Å². The molecule has 0 aliphatic heterocycles. The van der Waals surface area contributed by atoms with Gasteiger partial charge in [-0.1, -0.05) is 6.07 Å². The zero-order valence-corrected chi connectivity index (χ0v) is 14.6. The SMILES string of the molecule is CCN(Cc1cc(F)ccc1-c1c[nH]c2ccc(F)cc12)C(=O)C1CC1. The van der Waals surface area contributed by atoms with Gasteiger partial charge in [-0.15, -0.1) is 0 Å².